The van der Waals surface area contributed by atoms with Crippen molar-refractivity contribution in [3.8, 4) is 0 Å². The molecule has 0 aromatic rings. The Morgan fingerprint density at radius 2 is 0.308 bits per heavy atom. The molecule has 26 heavy (non-hydrogen) atoms. The third kappa shape index (κ3) is 2140. The van der Waals surface area contributed by atoms with Gasteiger partial charge in [0.25, 0.3) is 0 Å². The molecule has 0 saturated heterocycles. The Morgan fingerprint density at radius 1 is 0.308 bits per heavy atom. The summed E-state index contributed by atoms with van der Waals surface area (Å²) in [6.45, 7) is 0. The van der Waals surface area contributed by atoms with E-state index in [-0.39, 0.29) is 82.1 Å². The van der Waals surface area contributed by atoms with E-state index in [1.807, 2.05) is 0 Å². The third-order valence-corrected chi connectivity index (χ3v) is 0. The summed E-state index contributed by atoms with van der Waals surface area (Å²) in [5.74, 6) is 0. The molecule has 0 saturated carbocycles. The molecule has 0 amide bonds. The molecule has 24 nitrogen and oxygen atoms in total. The minimum absolute atomic E-state index is 0. The zero-order valence-corrected chi connectivity index (χ0v) is 16.3. The molecule has 26 heteroatoms. The van der Waals surface area contributed by atoms with Crippen LogP contribution in [0, 0.1) is 141 Å². The van der Waals surface area contributed by atoms with Gasteiger partial charge in [0.2, 0.25) is 0 Å². The van der Waals surface area contributed by atoms with Gasteiger partial charge in [0.1, 0.15) is 0 Å². The van der Waals surface area contributed by atoms with Gasteiger partial charge in [-0.25, -0.2) is 0 Å². The van der Waals surface area contributed by atoms with Crippen molar-refractivity contribution in [2.75, 3.05) is 0 Å². The number of nitrogens with zero attached hydrogens (tertiary/aromatic N) is 6. The fourth-order valence-corrected chi connectivity index (χ4v) is 0. The Morgan fingerprint density at radius 3 is 0.308 bits per heavy atom. The maximum Gasteiger partial charge on any atom is 3.00 e. The first-order chi connectivity index (χ1) is 10.4. The van der Waals surface area contributed by atoms with Crippen molar-refractivity contribution in [1.29, 1.82) is 0 Å². The summed E-state index contributed by atoms with van der Waals surface area (Å²) >= 11 is 0. The van der Waals surface area contributed by atoms with Gasteiger partial charge in [0.05, 0.1) is 30.5 Å². The number of hydrogen-bond acceptors (Lipinski definition) is 18. The van der Waals surface area contributed by atoms with E-state index in [0.717, 1.165) is 0 Å². The molecule has 148 valence electrons. The second kappa shape index (κ2) is 43.4. The predicted molar refractivity (Wildman–Crippen MR) is 62.2 cm³/mol. The van der Waals surface area contributed by atoms with Crippen LogP contribution < -0.4 is 0 Å². The van der Waals surface area contributed by atoms with Crippen molar-refractivity contribution >= 4 is 0 Å². The second-order valence-electron chi connectivity index (χ2n) is 1.34. The van der Waals surface area contributed by atoms with Gasteiger partial charge in [0, 0.05) is 0 Å². The Labute approximate surface area is 202 Å². The van der Waals surface area contributed by atoms with Crippen molar-refractivity contribution < 1.29 is 113 Å². The molecule has 0 aliphatic carbocycles. The van der Waals surface area contributed by atoms with E-state index >= 15 is 0 Å². The molecule has 0 rings (SSSR count). The van der Waals surface area contributed by atoms with E-state index in [1.165, 1.54) is 0 Å². The van der Waals surface area contributed by atoms with E-state index in [4.69, 9.17) is 91.9 Å². The van der Waals surface area contributed by atoms with E-state index in [1.54, 1.807) is 0 Å². The Kier molecular flexibility index (Phi) is 82.8. The van der Waals surface area contributed by atoms with Crippen molar-refractivity contribution in [2.24, 2.45) is 0 Å². The monoisotopic (exact) mass is 614 g/mol. The Hall–Kier alpha value is -2.11. The fraction of sp³-hybridized carbons (Fsp3) is 0. The van der Waals surface area contributed by atoms with Crippen molar-refractivity contribution in [1.82, 2.24) is 0 Å². The summed E-state index contributed by atoms with van der Waals surface area (Å²) in [6, 6.07) is 0. The largest absolute Gasteiger partial charge is 3.00 e. The SMILES string of the molecule is O=[N+]([O-])[O-].O=[N+]([O-])[O-].O=[N+]([O-])[O-].O=[N+]([O-])[O-].O=[N+]([O-])[O-].O=[N+]([O-])[O-].[Eu+3].[Y+3]. The van der Waals surface area contributed by atoms with Gasteiger partial charge in [-0.1, -0.05) is 0 Å². The minimum Gasteiger partial charge on any atom is -0.356 e. The summed E-state index contributed by atoms with van der Waals surface area (Å²) in [4.78, 5) is 49.5. The van der Waals surface area contributed by atoms with Crippen molar-refractivity contribution in [3.05, 3.63) is 91.9 Å². The molecule has 0 bridgehead atoms. The van der Waals surface area contributed by atoms with Gasteiger partial charge in [-0.05, 0) is 0 Å². The maximum absolute atomic E-state index is 8.25. The molecule has 0 atom stereocenters. The summed E-state index contributed by atoms with van der Waals surface area (Å²) in [5.41, 5.74) is 0. The smallest absolute Gasteiger partial charge is 0.356 e. The molecule has 0 aliphatic heterocycles. The normalized spacial score (nSPS) is 5.54. The molecule has 0 aromatic heterocycles. The molecule has 0 aromatic carbocycles. The van der Waals surface area contributed by atoms with Crippen LogP contribution in [0.1, 0.15) is 0 Å². The van der Waals surface area contributed by atoms with Gasteiger partial charge in [-0.3, -0.25) is 0 Å². The zero-order valence-electron chi connectivity index (χ0n) is 11.0. The fourth-order valence-electron chi connectivity index (χ4n) is 0. The van der Waals surface area contributed by atoms with Gasteiger partial charge in [0.15, 0.2) is 0 Å². The van der Waals surface area contributed by atoms with Gasteiger partial charge in [-0.2, -0.15) is 0 Å². The average Bonchev–Trinajstić information content (AvgIpc) is 2.08. The molecule has 0 aliphatic rings. The second-order valence-corrected chi connectivity index (χ2v) is 1.34. The molecule has 0 N–H and O–H groups in total. The molecule has 0 radical (unpaired) electrons. The molecular formula is EuN6O18Y. The van der Waals surface area contributed by atoms with E-state index in [0.29, 0.717) is 0 Å². The van der Waals surface area contributed by atoms with Crippen molar-refractivity contribution in [3.63, 3.8) is 0 Å². The van der Waals surface area contributed by atoms with E-state index in [9.17, 15) is 0 Å². The van der Waals surface area contributed by atoms with Crippen LogP contribution >= 0.6 is 0 Å². The predicted octanol–water partition coefficient (Wildman–Crippen LogP) is -1.44. The molecule has 0 heterocycles. The standard InChI is InChI=1S/Eu.6NO3.Y/c;6*2-1(3)4;/q+3;6*-1;+3. The minimum atomic E-state index is -1.75. The first kappa shape index (κ1) is 49.6. The first-order valence-electron chi connectivity index (χ1n) is 3.29. The summed E-state index contributed by atoms with van der Waals surface area (Å²) < 4.78 is 0. The average molecular weight is 613 g/mol. The molecule has 0 spiro atoms. The van der Waals surface area contributed by atoms with Crippen molar-refractivity contribution in [2.45, 2.75) is 0 Å². The Balaban J connectivity index is -0.0000000245. The quantitative estimate of drug-likeness (QED) is 0.223. The van der Waals surface area contributed by atoms with Gasteiger partial charge >= 0.3 is 82.1 Å². The number of rotatable bonds is 0. The summed E-state index contributed by atoms with van der Waals surface area (Å²) in [7, 11) is 0. The van der Waals surface area contributed by atoms with Gasteiger partial charge < -0.3 is 91.9 Å². The first-order valence-corrected chi connectivity index (χ1v) is 3.29. The Bertz CT molecular complexity index is 263. The maximum atomic E-state index is 8.25. The summed E-state index contributed by atoms with van der Waals surface area (Å²) in [6.07, 6.45) is 0. The van der Waals surface area contributed by atoms with Crippen LogP contribution in [0.4, 0.5) is 0 Å². The van der Waals surface area contributed by atoms with Crippen LogP contribution in [-0.2, 0) is 32.7 Å². The summed E-state index contributed by atoms with van der Waals surface area (Å²) in [5, 5.41) is 88.5. The van der Waals surface area contributed by atoms with Crippen LogP contribution in [0.3, 0.4) is 0 Å². The molecule has 0 unspecified atom stereocenters. The van der Waals surface area contributed by atoms with Crippen LogP contribution in [0.2, 0.25) is 0 Å². The van der Waals surface area contributed by atoms with E-state index in [2.05, 4.69) is 0 Å². The van der Waals surface area contributed by atoms with Crippen LogP contribution in [0.5, 0.6) is 0 Å². The topological polar surface area (TPSA) is 397 Å². The third-order valence-electron chi connectivity index (χ3n) is 0. The molecular weight excluding hydrogens is 613 g/mol. The van der Waals surface area contributed by atoms with Crippen LogP contribution in [0.25, 0.3) is 0 Å². The molecule has 0 fully saturated rings. The zero-order chi connectivity index (χ0) is 21.5. The van der Waals surface area contributed by atoms with Crippen LogP contribution in [-0.4, -0.2) is 30.5 Å². The number of hydrogen-bond donors (Lipinski definition) is 0. The van der Waals surface area contributed by atoms with E-state index < -0.39 is 30.5 Å². The van der Waals surface area contributed by atoms with Gasteiger partial charge in [-0.15, -0.1) is 0 Å². The van der Waals surface area contributed by atoms with Crippen LogP contribution in [0.15, 0.2) is 0 Å².